The molecule has 2 aromatic rings. The van der Waals surface area contributed by atoms with Gasteiger partial charge in [-0.1, -0.05) is 61.9 Å². The average Bonchev–Trinajstić information content (AvgIpc) is 2.61. The van der Waals surface area contributed by atoms with E-state index in [1.165, 1.54) is 25.7 Å². The smallest absolute Gasteiger partial charge is 0.255 e. The Morgan fingerprint density at radius 1 is 0.960 bits per heavy atom. The molecule has 0 aliphatic carbocycles. The third kappa shape index (κ3) is 6.26. The number of hydrogen-bond acceptors (Lipinski definition) is 2. The molecule has 0 fully saturated rings. The van der Waals surface area contributed by atoms with Crippen molar-refractivity contribution in [2.75, 3.05) is 11.9 Å². The van der Waals surface area contributed by atoms with Gasteiger partial charge in [0.05, 0.1) is 22.3 Å². The van der Waals surface area contributed by atoms with E-state index < -0.39 is 0 Å². The SMILES string of the molecule is CCCCCCCOc1ccc(C(=O)Nc2c(Cl)cccc2Cl)cc1. The summed E-state index contributed by atoms with van der Waals surface area (Å²) >= 11 is 12.1. The second kappa shape index (κ2) is 10.3. The van der Waals surface area contributed by atoms with Crippen molar-refractivity contribution in [1.29, 1.82) is 0 Å². The lowest BCUT2D eigenvalue weighted by Crippen LogP contribution is -2.12. The highest BCUT2D eigenvalue weighted by Gasteiger charge is 2.11. The van der Waals surface area contributed by atoms with Crippen LogP contribution in [-0.4, -0.2) is 12.5 Å². The Balaban J connectivity index is 1.86. The van der Waals surface area contributed by atoms with E-state index in [0.717, 1.165) is 12.2 Å². The summed E-state index contributed by atoms with van der Waals surface area (Å²) in [6, 6.07) is 12.2. The quantitative estimate of drug-likeness (QED) is 0.498. The lowest BCUT2D eigenvalue weighted by Gasteiger charge is -2.10. The van der Waals surface area contributed by atoms with Gasteiger partial charge in [-0.2, -0.15) is 0 Å². The van der Waals surface area contributed by atoms with Gasteiger partial charge >= 0.3 is 0 Å². The van der Waals surface area contributed by atoms with Crippen molar-refractivity contribution in [2.24, 2.45) is 0 Å². The highest BCUT2D eigenvalue weighted by Crippen LogP contribution is 2.30. The van der Waals surface area contributed by atoms with Crippen molar-refractivity contribution in [3.63, 3.8) is 0 Å². The van der Waals surface area contributed by atoms with Gasteiger partial charge in [0.25, 0.3) is 5.91 Å². The van der Waals surface area contributed by atoms with Crippen LogP contribution in [0.4, 0.5) is 5.69 Å². The van der Waals surface area contributed by atoms with Crippen LogP contribution >= 0.6 is 23.2 Å². The highest BCUT2D eigenvalue weighted by atomic mass is 35.5. The summed E-state index contributed by atoms with van der Waals surface area (Å²) in [4.78, 5) is 12.3. The van der Waals surface area contributed by atoms with E-state index in [2.05, 4.69) is 12.2 Å². The summed E-state index contributed by atoms with van der Waals surface area (Å²) in [5, 5.41) is 3.56. The number of unbranched alkanes of at least 4 members (excludes halogenated alkanes) is 4. The summed E-state index contributed by atoms with van der Waals surface area (Å²) in [5.74, 6) is 0.504. The van der Waals surface area contributed by atoms with Crippen molar-refractivity contribution in [3.05, 3.63) is 58.1 Å². The molecule has 3 nitrogen and oxygen atoms in total. The molecule has 0 bridgehead atoms. The normalized spacial score (nSPS) is 10.5. The summed E-state index contributed by atoms with van der Waals surface area (Å²) in [6.07, 6.45) is 6.01. The molecule has 134 valence electrons. The van der Waals surface area contributed by atoms with E-state index in [-0.39, 0.29) is 5.91 Å². The number of anilines is 1. The van der Waals surface area contributed by atoms with E-state index in [9.17, 15) is 4.79 Å². The van der Waals surface area contributed by atoms with E-state index in [0.29, 0.717) is 27.9 Å². The van der Waals surface area contributed by atoms with Gasteiger partial charge < -0.3 is 10.1 Å². The predicted molar refractivity (Wildman–Crippen MR) is 105 cm³/mol. The molecule has 0 saturated heterocycles. The Hall–Kier alpha value is -1.71. The molecule has 0 aromatic heterocycles. The third-order valence-corrected chi connectivity index (χ3v) is 4.46. The van der Waals surface area contributed by atoms with Crippen LogP contribution < -0.4 is 10.1 Å². The third-order valence-electron chi connectivity index (χ3n) is 3.83. The Labute approximate surface area is 159 Å². The van der Waals surface area contributed by atoms with Crippen LogP contribution in [0.15, 0.2) is 42.5 Å². The average molecular weight is 380 g/mol. The fourth-order valence-electron chi connectivity index (χ4n) is 2.40. The van der Waals surface area contributed by atoms with Gasteiger partial charge in [0, 0.05) is 5.56 Å². The maximum absolute atomic E-state index is 12.3. The van der Waals surface area contributed by atoms with E-state index in [1.54, 1.807) is 42.5 Å². The van der Waals surface area contributed by atoms with Crippen LogP contribution in [0.2, 0.25) is 10.0 Å². The molecule has 0 spiro atoms. The molecule has 0 unspecified atom stereocenters. The Bertz CT molecular complexity index is 666. The van der Waals surface area contributed by atoms with Crippen molar-refractivity contribution >= 4 is 34.8 Å². The molecule has 0 aliphatic rings. The molecule has 0 atom stereocenters. The molecule has 1 N–H and O–H groups in total. The van der Waals surface area contributed by atoms with Gasteiger partial charge in [0.1, 0.15) is 5.75 Å². The van der Waals surface area contributed by atoms with Crippen LogP contribution in [0.25, 0.3) is 0 Å². The maximum Gasteiger partial charge on any atom is 0.255 e. The zero-order chi connectivity index (χ0) is 18.1. The van der Waals surface area contributed by atoms with Crippen LogP contribution in [-0.2, 0) is 0 Å². The number of benzene rings is 2. The molecule has 0 saturated carbocycles. The molecule has 5 heteroatoms. The molecule has 0 radical (unpaired) electrons. The number of carbonyl (C=O) groups is 1. The van der Waals surface area contributed by atoms with Gasteiger partial charge in [-0.15, -0.1) is 0 Å². The Kier molecular flexibility index (Phi) is 8.10. The van der Waals surface area contributed by atoms with Gasteiger partial charge in [0.2, 0.25) is 0 Å². The molecule has 2 rings (SSSR count). The number of halogens is 2. The zero-order valence-corrected chi connectivity index (χ0v) is 15.9. The van der Waals surface area contributed by atoms with Crippen LogP contribution in [0.1, 0.15) is 49.4 Å². The number of ether oxygens (including phenoxy) is 1. The first-order valence-corrected chi connectivity index (χ1v) is 9.35. The summed E-state index contributed by atoms with van der Waals surface area (Å²) in [5.41, 5.74) is 0.939. The molecule has 1 amide bonds. The zero-order valence-electron chi connectivity index (χ0n) is 14.4. The van der Waals surface area contributed by atoms with Crippen molar-refractivity contribution in [1.82, 2.24) is 0 Å². The first-order valence-electron chi connectivity index (χ1n) is 8.60. The topological polar surface area (TPSA) is 38.3 Å². The summed E-state index contributed by atoms with van der Waals surface area (Å²) < 4.78 is 5.70. The fourth-order valence-corrected chi connectivity index (χ4v) is 2.89. The van der Waals surface area contributed by atoms with Crippen LogP contribution in [0, 0.1) is 0 Å². The van der Waals surface area contributed by atoms with Crippen molar-refractivity contribution < 1.29 is 9.53 Å². The molecule has 2 aromatic carbocycles. The molecular formula is C20H23Cl2NO2. The lowest BCUT2D eigenvalue weighted by molar-refractivity contribution is 0.102. The minimum Gasteiger partial charge on any atom is -0.494 e. The van der Waals surface area contributed by atoms with Crippen LogP contribution in [0.3, 0.4) is 0 Å². The number of hydrogen-bond donors (Lipinski definition) is 1. The van der Waals surface area contributed by atoms with Crippen molar-refractivity contribution in [3.8, 4) is 5.75 Å². The second-order valence-electron chi connectivity index (χ2n) is 5.84. The Morgan fingerprint density at radius 3 is 2.24 bits per heavy atom. The number of rotatable bonds is 9. The lowest BCUT2D eigenvalue weighted by atomic mass is 10.1. The molecule has 25 heavy (non-hydrogen) atoms. The van der Waals surface area contributed by atoms with E-state index in [4.69, 9.17) is 27.9 Å². The van der Waals surface area contributed by atoms with Gasteiger partial charge in [-0.3, -0.25) is 4.79 Å². The largest absolute Gasteiger partial charge is 0.494 e. The number of amides is 1. The fraction of sp³-hybridized carbons (Fsp3) is 0.350. The second-order valence-corrected chi connectivity index (χ2v) is 6.65. The monoisotopic (exact) mass is 379 g/mol. The molecule has 0 heterocycles. The Morgan fingerprint density at radius 2 is 1.60 bits per heavy atom. The minimum absolute atomic E-state index is 0.263. The van der Waals surface area contributed by atoms with Crippen molar-refractivity contribution in [2.45, 2.75) is 39.0 Å². The van der Waals surface area contributed by atoms with Gasteiger partial charge in [-0.05, 0) is 42.8 Å². The summed E-state index contributed by atoms with van der Waals surface area (Å²) in [6.45, 7) is 2.90. The summed E-state index contributed by atoms with van der Waals surface area (Å²) in [7, 11) is 0. The van der Waals surface area contributed by atoms with Gasteiger partial charge in [0.15, 0.2) is 0 Å². The molecular weight excluding hydrogens is 357 g/mol. The predicted octanol–water partition coefficient (Wildman–Crippen LogP) is 6.59. The molecule has 0 aliphatic heterocycles. The number of para-hydroxylation sites is 1. The van der Waals surface area contributed by atoms with E-state index >= 15 is 0 Å². The van der Waals surface area contributed by atoms with Gasteiger partial charge in [-0.25, -0.2) is 0 Å². The standard InChI is InChI=1S/C20H23Cl2NO2/c1-2-3-4-5-6-14-25-16-12-10-15(11-13-16)20(24)23-19-17(21)8-7-9-18(19)22/h7-13H,2-6,14H2,1H3,(H,23,24). The maximum atomic E-state index is 12.3. The minimum atomic E-state index is -0.263. The van der Waals surface area contributed by atoms with Crippen LogP contribution in [0.5, 0.6) is 5.75 Å². The first kappa shape index (κ1) is 19.6. The highest BCUT2D eigenvalue weighted by molar-refractivity contribution is 6.40. The van der Waals surface area contributed by atoms with E-state index in [1.807, 2.05) is 0 Å². The number of nitrogens with one attached hydrogen (secondary N) is 1. The first-order chi connectivity index (χ1) is 12.1. The number of carbonyl (C=O) groups excluding carboxylic acids is 1.